The highest BCUT2D eigenvalue weighted by Crippen LogP contribution is 2.37. The molecule has 0 saturated heterocycles. The molecule has 33 heavy (non-hydrogen) atoms. The molecule has 3 aromatic rings. The van der Waals surface area contributed by atoms with Crippen molar-refractivity contribution in [3.63, 3.8) is 0 Å². The predicted octanol–water partition coefficient (Wildman–Crippen LogP) is 4.24. The van der Waals surface area contributed by atoms with E-state index in [-0.39, 0.29) is 16.8 Å². The largest absolute Gasteiger partial charge is 0.497 e. The van der Waals surface area contributed by atoms with Crippen molar-refractivity contribution in [3.8, 4) is 11.5 Å². The zero-order valence-electron chi connectivity index (χ0n) is 18.3. The highest BCUT2D eigenvalue weighted by Gasteiger charge is 2.36. The number of sulfonamides is 1. The van der Waals surface area contributed by atoms with Gasteiger partial charge in [-0.1, -0.05) is 0 Å². The number of rotatable bonds is 6. The van der Waals surface area contributed by atoms with Crippen molar-refractivity contribution >= 4 is 27.3 Å². The Morgan fingerprint density at radius 3 is 2.42 bits per heavy atom. The van der Waals surface area contributed by atoms with Gasteiger partial charge < -0.3 is 14.8 Å². The Labute approximate surface area is 191 Å². The maximum atomic E-state index is 13.3. The fraction of sp³-hybridized carbons (Fsp3) is 0.208. The topological polar surface area (TPSA) is 84.9 Å². The summed E-state index contributed by atoms with van der Waals surface area (Å²) in [5, 5.41) is 2.82. The number of carbonyl (C=O) groups excluding carboxylic acids is 1. The van der Waals surface area contributed by atoms with Gasteiger partial charge in [-0.2, -0.15) is 0 Å². The number of nitrogens with zero attached hydrogens (tertiary/aromatic N) is 1. The molecule has 9 heteroatoms. The van der Waals surface area contributed by atoms with Crippen LogP contribution in [-0.2, 0) is 16.4 Å². The maximum absolute atomic E-state index is 13.3. The van der Waals surface area contributed by atoms with Gasteiger partial charge >= 0.3 is 0 Å². The molecule has 1 amide bonds. The van der Waals surface area contributed by atoms with Crippen molar-refractivity contribution in [2.45, 2.75) is 24.3 Å². The summed E-state index contributed by atoms with van der Waals surface area (Å²) in [7, 11) is -0.848. The second kappa shape index (κ2) is 8.74. The third-order valence-corrected chi connectivity index (χ3v) is 7.46. The van der Waals surface area contributed by atoms with Crippen LogP contribution in [-0.4, -0.2) is 34.6 Å². The Kier molecular flexibility index (Phi) is 5.99. The standard InChI is InChI=1S/C24H23FN2O5S/c1-15-12-17-13-16(24(28)26-21-14-19(31-2)7-11-23(21)32-3)4-10-22(17)27(15)33(29,30)20-8-5-18(25)6-9-20/h4-11,13-15H,12H2,1-3H3,(H,26,28)/t15-/m0/s1. The number of anilines is 2. The van der Waals surface area contributed by atoms with Crippen molar-refractivity contribution in [2.75, 3.05) is 23.8 Å². The van der Waals surface area contributed by atoms with Gasteiger partial charge in [-0.15, -0.1) is 0 Å². The van der Waals surface area contributed by atoms with Gasteiger partial charge in [0.1, 0.15) is 17.3 Å². The van der Waals surface area contributed by atoms with Gasteiger partial charge in [-0.25, -0.2) is 12.8 Å². The second-order valence-electron chi connectivity index (χ2n) is 7.67. The molecule has 1 aliphatic rings. The van der Waals surface area contributed by atoms with Crippen molar-refractivity contribution in [2.24, 2.45) is 0 Å². The minimum absolute atomic E-state index is 0.00976. The normalized spacial score (nSPS) is 15.2. The number of fused-ring (bicyclic) bond motifs is 1. The van der Waals surface area contributed by atoms with E-state index >= 15 is 0 Å². The number of nitrogens with one attached hydrogen (secondary N) is 1. The molecular weight excluding hydrogens is 447 g/mol. The summed E-state index contributed by atoms with van der Waals surface area (Å²) in [5.41, 5.74) is 2.07. The lowest BCUT2D eigenvalue weighted by atomic mass is 10.1. The van der Waals surface area contributed by atoms with Crippen LogP contribution in [0.15, 0.2) is 65.6 Å². The molecule has 0 unspecified atom stereocenters. The summed E-state index contributed by atoms with van der Waals surface area (Å²) in [4.78, 5) is 12.9. The molecule has 0 radical (unpaired) electrons. The lowest BCUT2D eigenvalue weighted by Gasteiger charge is -2.24. The fourth-order valence-electron chi connectivity index (χ4n) is 3.94. The number of methoxy groups -OCH3 is 2. The molecule has 4 rings (SSSR count). The van der Waals surface area contributed by atoms with Crippen LogP contribution < -0.4 is 19.1 Å². The highest BCUT2D eigenvalue weighted by atomic mass is 32.2. The SMILES string of the molecule is COc1ccc(OC)c(NC(=O)c2ccc3c(c2)C[C@H](C)N3S(=O)(=O)c2ccc(F)cc2)c1. The van der Waals surface area contributed by atoms with Crippen LogP contribution in [0.3, 0.4) is 0 Å². The van der Waals surface area contributed by atoms with Crippen molar-refractivity contribution in [3.05, 3.63) is 77.6 Å². The first-order chi connectivity index (χ1) is 15.7. The molecule has 0 fully saturated rings. The summed E-state index contributed by atoms with van der Waals surface area (Å²) in [5.74, 6) is 0.176. The quantitative estimate of drug-likeness (QED) is 0.583. The second-order valence-corrected chi connectivity index (χ2v) is 9.49. The predicted molar refractivity (Wildman–Crippen MR) is 123 cm³/mol. The highest BCUT2D eigenvalue weighted by molar-refractivity contribution is 7.92. The van der Waals surface area contributed by atoms with E-state index in [9.17, 15) is 17.6 Å². The Bertz CT molecular complexity index is 1310. The summed E-state index contributed by atoms with van der Waals surface area (Å²) in [6.45, 7) is 1.79. The third kappa shape index (κ3) is 4.23. The van der Waals surface area contributed by atoms with Gasteiger partial charge in [-0.3, -0.25) is 9.10 Å². The first-order valence-electron chi connectivity index (χ1n) is 10.2. The molecule has 7 nitrogen and oxygen atoms in total. The fourth-order valence-corrected chi connectivity index (χ4v) is 5.63. The van der Waals surface area contributed by atoms with E-state index in [0.29, 0.717) is 34.9 Å². The molecule has 1 atom stereocenters. The minimum atomic E-state index is -3.88. The maximum Gasteiger partial charge on any atom is 0.264 e. The molecule has 3 aromatic carbocycles. The Balaban J connectivity index is 1.63. The third-order valence-electron chi connectivity index (χ3n) is 5.52. The number of carbonyl (C=O) groups is 1. The first kappa shape index (κ1) is 22.6. The smallest absolute Gasteiger partial charge is 0.264 e. The van der Waals surface area contributed by atoms with Gasteiger partial charge in [0.2, 0.25) is 0 Å². The van der Waals surface area contributed by atoms with E-state index in [1.165, 1.54) is 30.7 Å². The number of amides is 1. The number of ether oxygens (including phenoxy) is 2. The molecular formula is C24H23FN2O5S. The Hall–Kier alpha value is -3.59. The molecule has 172 valence electrons. The molecule has 0 bridgehead atoms. The van der Waals surface area contributed by atoms with Crippen molar-refractivity contribution in [1.29, 1.82) is 0 Å². The average Bonchev–Trinajstić information content (AvgIpc) is 3.14. The van der Waals surface area contributed by atoms with Gasteiger partial charge in [0.05, 0.1) is 30.5 Å². The molecule has 0 spiro atoms. The van der Waals surface area contributed by atoms with E-state index in [1.807, 2.05) is 0 Å². The summed E-state index contributed by atoms with van der Waals surface area (Å²) < 4.78 is 51.5. The number of halogens is 1. The molecule has 0 aromatic heterocycles. The van der Waals surface area contributed by atoms with E-state index in [4.69, 9.17) is 9.47 Å². The van der Waals surface area contributed by atoms with Gasteiger partial charge in [0, 0.05) is 17.7 Å². The zero-order chi connectivity index (χ0) is 23.8. The summed E-state index contributed by atoms with van der Waals surface area (Å²) in [6, 6.07) is 14.3. The van der Waals surface area contributed by atoms with Crippen LogP contribution >= 0.6 is 0 Å². The molecule has 1 heterocycles. The Morgan fingerprint density at radius 2 is 1.76 bits per heavy atom. The van der Waals surface area contributed by atoms with Gasteiger partial charge in [0.25, 0.3) is 15.9 Å². The molecule has 0 saturated carbocycles. The molecule has 1 aliphatic heterocycles. The minimum Gasteiger partial charge on any atom is -0.497 e. The van der Waals surface area contributed by atoms with E-state index in [0.717, 1.165) is 17.7 Å². The van der Waals surface area contributed by atoms with Crippen LogP contribution in [0.1, 0.15) is 22.8 Å². The zero-order valence-corrected chi connectivity index (χ0v) is 19.1. The van der Waals surface area contributed by atoms with Gasteiger partial charge in [-0.05, 0) is 73.5 Å². The van der Waals surface area contributed by atoms with E-state index in [2.05, 4.69) is 5.32 Å². The van der Waals surface area contributed by atoms with E-state index < -0.39 is 15.8 Å². The van der Waals surface area contributed by atoms with E-state index in [1.54, 1.807) is 43.3 Å². The monoisotopic (exact) mass is 470 g/mol. The van der Waals surface area contributed by atoms with Crippen LogP contribution in [0.5, 0.6) is 11.5 Å². The molecule has 1 N–H and O–H groups in total. The van der Waals surface area contributed by atoms with Crippen LogP contribution in [0, 0.1) is 5.82 Å². The van der Waals surface area contributed by atoms with Gasteiger partial charge in [0.15, 0.2) is 0 Å². The number of hydrogen-bond donors (Lipinski definition) is 1. The Morgan fingerprint density at radius 1 is 1.03 bits per heavy atom. The summed E-state index contributed by atoms with van der Waals surface area (Å²) >= 11 is 0. The van der Waals surface area contributed by atoms with Crippen LogP contribution in [0.4, 0.5) is 15.8 Å². The average molecular weight is 471 g/mol. The number of benzene rings is 3. The lowest BCUT2D eigenvalue weighted by molar-refractivity contribution is 0.102. The van der Waals surface area contributed by atoms with Crippen molar-refractivity contribution in [1.82, 2.24) is 0 Å². The first-order valence-corrected chi connectivity index (χ1v) is 11.6. The van der Waals surface area contributed by atoms with Crippen molar-refractivity contribution < 1.29 is 27.1 Å². The summed E-state index contributed by atoms with van der Waals surface area (Å²) in [6.07, 6.45) is 0.444. The van der Waals surface area contributed by atoms with Crippen LogP contribution in [0.2, 0.25) is 0 Å². The number of hydrogen-bond acceptors (Lipinski definition) is 5. The lowest BCUT2D eigenvalue weighted by Crippen LogP contribution is -2.35. The molecule has 0 aliphatic carbocycles. The van der Waals surface area contributed by atoms with Crippen LogP contribution in [0.25, 0.3) is 0 Å².